The second kappa shape index (κ2) is 39.6. The molecule has 0 atom stereocenters. The third kappa shape index (κ3) is 33.4. The monoisotopic (exact) mass is 737 g/mol. The van der Waals surface area contributed by atoms with Crippen LogP contribution >= 0.6 is 0 Å². The first-order valence-electron chi connectivity index (χ1n) is 23.3. The molecule has 0 saturated carbocycles. The Balaban J connectivity index is 4.13. The molecule has 52 heavy (non-hydrogen) atoms. The van der Waals surface area contributed by atoms with Gasteiger partial charge in [-0.3, -0.25) is 9.59 Å². The molecule has 0 bridgehead atoms. The highest BCUT2D eigenvalue weighted by Crippen LogP contribution is 2.31. The molecule has 0 heterocycles. The summed E-state index contributed by atoms with van der Waals surface area (Å²) in [5.74, 6) is 0.0165. The number of unbranched alkanes of at least 4 members (excludes halogenated alkanes) is 24. The summed E-state index contributed by atoms with van der Waals surface area (Å²) in [5.41, 5.74) is 5.68. The fraction of sp³-hybridized carbons (Fsp3) is 0.957. The third-order valence-electron chi connectivity index (χ3n) is 11.1. The molecule has 6 heteroatoms. The topological polar surface area (TPSA) is 81.9 Å². The number of nitrogens with two attached hydrogens (primary N) is 1. The Morgan fingerprint density at radius 3 is 1.29 bits per heavy atom. The van der Waals surface area contributed by atoms with Gasteiger partial charge in [0.2, 0.25) is 0 Å². The molecule has 0 spiro atoms. The molecule has 0 aromatic rings. The third-order valence-corrected chi connectivity index (χ3v) is 11.1. The van der Waals surface area contributed by atoms with E-state index in [1.54, 1.807) is 0 Å². The minimum atomic E-state index is -0.251. The van der Waals surface area contributed by atoms with E-state index in [0.29, 0.717) is 26.0 Å². The van der Waals surface area contributed by atoms with E-state index in [9.17, 15) is 9.59 Å². The first-order valence-corrected chi connectivity index (χ1v) is 23.3. The molecule has 0 fully saturated rings. The van der Waals surface area contributed by atoms with Gasteiger partial charge in [-0.25, -0.2) is 0 Å². The van der Waals surface area contributed by atoms with E-state index >= 15 is 0 Å². The number of carbonyl (C=O) groups excluding carboxylic acids is 2. The molecule has 0 amide bonds. The number of rotatable bonds is 42. The molecule has 310 valence electrons. The van der Waals surface area contributed by atoms with Crippen LogP contribution in [0.3, 0.4) is 0 Å². The van der Waals surface area contributed by atoms with Crippen molar-refractivity contribution in [2.75, 3.05) is 32.8 Å². The van der Waals surface area contributed by atoms with Crippen LogP contribution in [0.5, 0.6) is 0 Å². The molecular weight excluding hydrogens is 645 g/mol. The summed E-state index contributed by atoms with van der Waals surface area (Å²) < 4.78 is 11.8. The highest BCUT2D eigenvalue weighted by Gasteiger charge is 2.31. The van der Waals surface area contributed by atoms with Crippen molar-refractivity contribution in [1.82, 2.24) is 4.90 Å². The van der Waals surface area contributed by atoms with Crippen molar-refractivity contribution >= 4 is 11.9 Å². The van der Waals surface area contributed by atoms with Gasteiger partial charge >= 0.3 is 11.9 Å². The second-order valence-corrected chi connectivity index (χ2v) is 16.1. The lowest BCUT2D eigenvalue weighted by Crippen LogP contribution is -2.34. The second-order valence-electron chi connectivity index (χ2n) is 16.1. The SMILES string of the molecule is CCCCCCCCCOC(=O)CCCCCCCN(CCN)CCCCCCCC(=O)OC(CC)(CCCCCCCC)CCCCCCCC. The maximum absolute atomic E-state index is 13.1. The van der Waals surface area contributed by atoms with E-state index in [0.717, 1.165) is 71.0 Å². The highest BCUT2D eigenvalue weighted by atomic mass is 16.6. The number of carbonyl (C=O) groups is 2. The lowest BCUT2D eigenvalue weighted by molar-refractivity contribution is -0.162. The number of ether oxygens (including phenoxy) is 2. The van der Waals surface area contributed by atoms with Crippen molar-refractivity contribution in [2.24, 2.45) is 5.73 Å². The van der Waals surface area contributed by atoms with Crippen molar-refractivity contribution in [3.8, 4) is 0 Å². The Labute approximate surface area is 325 Å². The average molecular weight is 737 g/mol. The summed E-state index contributed by atoms with van der Waals surface area (Å²) in [6.07, 6.45) is 39.5. The van der Waals surface area contributed by atoms with Gasteiger partial charge < -0.3 is 20.1 Å². The van der Waals surface area contributed by atoms with Gasteiger partial charge in [-0.05, 0) is 77.3 Å². The zero-order valence-corrected chi connectivity index (χ0v) is 35.7. The van der Waals surface area contributed by atoms with E-state index in [1.807, 2.05) is 0 Å². The molecule has 0 aromatic carbocycles. The van der Waals surface area contributed by atoms with Crippen LogP contribution in [-0.2, 0) is 19.1 Å². The van der Waals surface area contributed by atoms with Crippen LogP contribution in [0.1, 0.15) is 246 Å². The first-order chi connectivity index (χ1) is 25.5. The Kier molecular flexibility index (Phi) is 38.7. The van der Waals surface area contributed by atoms with Gasteiger partial charge in [-0.15, -0.1) is 0 Å². The molecule has 0 radical (unpaired) electrons. The lowest BCUT2D eigenvalue weighted by atomic mass is 9.87. The lowest BCUT2D eigenvalue weighted by Gasteiger charge is -2.33. The summed E-state index contributed by atoms with van der Waals surface area (Å²) in [5, 5.41) is 0. The van der Waals surface area contributed by atoms with Crippen molar-refractivity contribution in [2.45, 2.75) is 252 Å². The Morgan fingerprint density at radius 2 is 0.846 bits per heavy atom. The number of esters is 2. The highest BCUT2D eigenvalue weighted by molar-refractivity contribution is 5.70. The van der Waals surface area contributed by atoms with Gasteiger partial charge in [0.25, 0.3) is 0 Å². The molecule has 6 nitrogen and oxygen atoms in total. The molecule has 0 aliphatic carbocycles. The minimum Gasteiger partial charge on any atom is -0.466 e. The molecule has 0 saturated heterocycles. The van der Waals surface area contributed by atoms with Crippen LogP contribution in [0.2, 0.25) is 0 Å². The van der Waals surface area contributed by atoms with Gasteiger partial charge in [-0.1, -0.05) is 169 Å². The van der Waals surface area contributed by atoms with Gasteiger partial charge in [0.05, 0.1) is 6.61 Å². The standard InChI is InChI=1S/C46H92N2O4/c1-5-9-12-15-18-27-34-43-51-44(49)35-28-21-19-25-32-40-48(42-39-47)41-33-26-20-22-29-36-45(50)52-46(8-4,37-30-23-16-13-10-6-2)38-31-24-17-14-11-7-3/h5-43,47H2,1-4H3. The Morgan fingerprint density at radius 1 is 0.462 bits per heavy atom. The summed E-state index contributed by atoms with van der Waals surface area (Å²) in [6, 6.07) is 0. The summed E-state index contributed by atoms with van der Waals surface area (Å²) in [4.78, 5) is 27.6. The van der Waals surface area contributed by atoms with Gasteiger partial charge in [0.1, 0.15) is 5.60 Å². The van der Waals surface area contributed by atoms with Crippen molar-refractivity contribution < 1.29 is 19.1 Å². The van der Waals surface area contributed by atoms with Gasteiger partial charge in [-0.2, -0.15) is 0 Å². The molecule has 0 rings (SSSR count). The zero-order valence-electron chi connectivity index (χ0n) is 35.7. The first kappa shape index (κ1) is 50.9. The van der Waals surface area contributed by atoms with Crippen LogP contribution in [0.15, 0.2) is 0 Å². The fourth-order valence-electron chi connectivity index (χ4n) is 7.51. The summed E-state index contributed by atoms with van der Waals surface area (Å²) >= 11 is 0. The zero-order chi connectivity index (χ0) is 38.2. The molecule has 0 aromatic heterocycles. The quantitative estimate of drug-likeness (QED) is 0.0496. The van der Waals surface area contributed by atoms with Crippen molar-refractivity contribution in [1.29, 1.82) is 0 Å². The molecule has 0 aliphatic rings. The molecule has 0 aliphatic heterocycles. The van der Waals surface area contributed by atoms with Crippen LogP contribution in [-0.4, -0.2) is 55.2 Å². The smallest absolute Gasteiger partial charge is 0.306 e. The predicted octanol–water partition coefficient (Wildman–Crippen LogP) is 13.4. The molecule has 2 N–H and O–H groups in total. The maximum atomic E-state index is 13.1. The van der Waals surface area contributed by atoms with Crippen LogP contribution in [0, 0.1) is 0 Å². The van der Waals surface area contributed by atoms with E-state index in [4.69, 9.17) is 15.2 Å². The Hall–Kier alpha value is -1.14. The number of nitrogens with zero attached hydrogens (tertiary/aromatic N) is 1. The molecular formula is C46H92N2O4. The van der Waals surface area contributed by atoms with Crippen LogP contribution < -0.4 is 5.73 Å². The van der Waals surface area contributed by atoms with Crippen molar-refractivity contribution in [3.05, 3.63) is 0 Å². The number of hydrogen-bond donors (Lipinski definition) is 1. The van der Waals surface area contributed by atoms with Gasteiger partial charge in [0, 0.05) is 25.9 Å². The summed E-state index contributed by atoms with van der Waals surface area (Å²) in [6.45, 7) is 13.5. The average Bonchev–Trinajstić information content (AvgIpc) is 3.14. The largest absolute Gasteiger partial charge is 0.466 e. The van der Waals surface area contributed by atoms with Crippen LogP contribution in [0.25, 0.3) is 0 Å². The maximum Gasteiger partial charge on any atom is 0.306 e. The van der Waals surface area contributed by atoms with Crippen molar-refractivity contribution in [3.63, 3.8) is 0 Å². The molecule has 0 unspecified atom stereocenters. The van der Waals surface area contributed by atoms with E-state index in [2.05, 4.69) is 32.6 Å². The van der Waals surface area contributed by atoms with E-state index < -0.39 is 0 Å². The van der Waals surface area contributed by atoms with Crippen LogP contribution in [0.4, 0.5) is 0 Å². The predicted molar refractivity (Wildman–Crippen MR) is 225 cm³/mol. The Bertz CT molecular complexity index is 745. The minimum absolute atomic E-state index is 0.0174. The van der Waals surface area contributed by atoms with E-state index in [-0.39, 0.29) is 17.5 Å². The fourth-order valence-corrected chi connectivity index (χ4v) is 7.51. The van der Waals surface area contributed by atoms with Gasteiger partial charge in [0.15, 0.2) is 0 Å². The number of hydrogen-bond acceptors (Lipinski definition) is 6. The normalized spacial score (nSPS) is 11.8. The van der Waals surface area contributed by atoms with E-state index in [1.165, 1.54) is 154 Å². The summed E-state index contributed by atoms with van der Waals surface area (Å²) in [7, 11) is 0.